The Balaban J connectivity index is 3.24. The summed E-state index contributed by atoms with van der Waals surface area (Å²) in [6.07, 6.45) is 21.2. The van der Waals surface area contributed by atoms with Crippen LogP contribution in [0.1, 0.15) is 104 Å². The van der Waals surface area contributed by atoms with Gasteiger partial charge in [-0.2, -0.15) is 0 Å². The molecule has 0 saturated carbocycles. The predicted octanol–water partition coefficient (Wildman–Crippen LogP) is 7.19. The van der Waals surface area contributed by atoms with E-state index in [2.05, 4.69) is 6.92 Å². The van der Waals surface area contributed by atoms with E-state index in [1.165, 1.54) is 89.0 Å². The molecule has 0 bridgehead atoms. The normalized spacial score (nSPS) is 14.1. The van der Waals surface area contributed by atoms with Crippen molar-refractivity contribution >= 4 is 17.9 Å². The fraction of sp³-hybridized carbons (Fsp3) is 0.857. The molecule has 0 aliphatic carbocycles. The van der Waals surface area contributed by atoms with Crippen LogP contribution in [0.3, 0.4) is 0 Å². The summed E-state index contributed by atoms with van der Waals surface area (Å²) in [5.74, 6) is 0. The molecule has 0 radical (unpaired) electrons. The molecule has 0 aliphatic rings. The van der Waals surface area contributed by atoms with Crippen LogP contribution < -0.4 is 0 Å². The molecule has 0 aromatic heterocycles. The molecule has 0 fully saturated rings. The number of ether oxygens (including phenoxy) is 1. The molecule has 0 spiro atoms. The average molecular weight is 359 g/mol. The van der Waals surface area contributed by atoms with Gasteiger partial charge in [0.15, 0.2) is 6.29 Å². The molecule has 0 aromatic carbocycles. The molecule has 0 rings (SSSR count). The second kappa shape index (κ2) is 17.5. The Morgan fingerprint density at radius 2 is 1.21 bits per heavy atom. The lowest BCUT2D eigenvalue weighted by Gasteiger charge is -2.19. The van der Waals surface area contributed by atoms with Crippen molar-refractivity contribution in [2.75, 3.05) is 6.61 Å². The first kappa shape index (κ1) is 23.7. The van der Waals surface area contributed by atoms with Crippen LogP contribution in [0.25, 0.3) is 0 Å². The van der Waals surface area contributed by atoms with Gasteiger partial charge in [0.1, 0.15) is 5.60 Å². The van der Waals surface area contributed by atoms with Gasteiger partial charge in [0.2, 0.25) is 0 Å². The third-order valence-corrected chi connectivity index (χ3v) is 4.66. The molecule has 24 heavy (non-hydrogen) atoms. The monoisotopic (exact) mass is 358 g/mol. The van der Waals surface area contributed by atoms with E-state index < -0.39 is 5.60 Å². The number of aldehydes is 1. The van der Waals surface area contributed by atoms with Crippen LogP contribution in [0.5, 0.6) is 0 Å². The van der Waals surface area contributed by atoms with Crippen molar-refractivity contribution in [3.8, 4) is 0 Å². The number of carbonyl (C=O) groups is 1. The summed E-state index contributed by atoms with van der Waals surface area (Å²) in [6.45, 7) is 4.63. The Hall–Kier alpha value is -0.340. The molecular weight excluding hydrogens is 320 g/mol. The summed E-state index contributed by atoms with van der Waals surface area (Å²) in [5.41, 5.74) is 0.484. The lowest BCUT2D eigenvalue weighted by Crippen LogP contribution is -2.28. The van der Waals surface area contributed by atoms with Crippen molar-refractivity contribution in [1.29, 1.82) is 0 Å². The lowest BCUT2D eigenvalue weighted by atomic mass is 10.0. The van der Waals surface area contributed by atoms with Crippen molar-refractivity contribution in [3.05, 3.63) is 11.6 Å². The summed E-state index contributed by atoms with van der Waals surface area (Å²) < 4.78 is 5.59. The highest BCUT2D eigenvalue weighted by Gasteiger charge is 2.19. The van der Waals surface area contributed by atoms with Gasteiger partial charge in [-0.1, -0.05) is 102 Å². The van der Waals surface area contributed by atoms with Crippen LogP contribution in [0.2, 0.25) is 0 Å². The number of carbonyl (C=O) groups excluding carboxylic acids is 1. The highest BCUT2D eigenvalue weighted by molar-refractivity contribution is 6.25. The third kappa shape index (κ3) is 15.2. The first-order valence-electron chi connectivity index (χ1n) is 10.1. The first-order valence-corrected chi connectivity index (χ1v) is 10.5. The maximum atomic E-state index is 11.0. The third-order valence-electron chi connectivity index (χ3n) is 4.54. The Morgan fingerprint density at radius 3 is 1.58 bits per heavy atom. The van der Waals surface area contributed by atoms with E-state index in [1.807, 2.05) is 0 Å². The fourth-order valence-electron chi connectivity index (χ4n) is 2.84. The number of hydrogen-bond donors (Lipinski definition) is 0. The van der Waals surface area contributed by atoms with E-state index in [9.17, 15) is 4.79 Å². The predicted molar refractivity (Wildman–Crippen MR) is 106 cm³/mol. The zero-order chi connectivity index (χ0) is 17.9. The minimum Gasteiger partial charge on any atom is -0.364 e. The maximum absolute atomic E-state index is 11.0. The smallest absolute Gasteiger partial charge is 0.155 e. The van der Waals surface area contributed by atoms with E-state index in [4.69, 9.17) is 16.3 Å². The molecule has 0 amide bonds. The van der Waals surface area contributed by atoms with Gasteiger partial charge in [-0.25, -0.2) is 0 Å². The Kier molecular flexibility index (Phi) is 17.2. The molecule has 3 heteroatoms. The van der Waals surface area contributed by atoms with Gasteiger partial charge in [-0.15, -0.1) is 0 Å². The maximum Gasteiger partial charge on any atom is 0.155 e. The topological polar surface area (TPSA) is 26.3 Å². The standard InChI is InChI=1S/C21H39ClO2/c1-3-4-5-6-7-8-9-10-11-12-13-14-15-16-19-24-21(2,20-23)17-18-22/h17-18,20H,3-16,19H2,1-2H3/b18-17+. The van der Waals surface area contributed by atoms with Gasteiger partial charge < -0.3 is 4.74 Å². The Morgan fingerprint density at radius 1 is 0.792 bits per heavy atom. The van der Waals surface area contributed by atoms with Crippen LogP contribution in [0, 0.1) is 0 Å². The highest BCUT2D eigenvalue weighted by Crippen LogP contribution is 2.14. The quantitative estimate of drug-likeness (QED) is 0.191. The second-order valence-electron chi connectivity index (χ2n) is 7.04. The minimum atomic E-state index is -0.863. The molecule has 2 nitrogen and oxygen atoms in total. The summed E-state index contributed by atoms with van der Waals surface area (Å²) in [5, 5.41) is 0. The molecule has 0 aliphatic heterocycles. The second-order valence-corrected chi connectivity index (χ2v) is 7.29. The van der Waals surface area contributed by atoms with E-state index in [-0.39, 0.29) is 0 Å². The number of halogens is 1. The SMILES string of the molecule is CCCCCCCCCCCCCCCCOC(C)(C=O)/C=C/Cl. The fourth-order valence-corrected chi connectivity index (χ4v) is 3.09. The van der Waals surface area contributed by atoms with E-state index >= 15 is 0 Å². The molecule has 0 saturated heterocycles. The van der Waals surface area contributed by atoms with Crippen molar-refractivity contribution in [2.24, 2.45) is 0 Å². The van der Waals surface area contributed by atoms with Crippen molar-refractivity contribution < 1.29 is 9.53 Å². The highest BCUT2D eigenvalue weighted by atomic mass is 35.5. The first-order chi connectivity index (χ1) is 11.7. The van der Waals surface area contributed by atoms with Crippen molar-refractivity contribution in [3.63, 3.8) is 0 Å². The van der Waals surface area contributed by atoms with Gasteiger partial charge in [-0.3, -0.25) is 4.79 Å². The number of rotatable bonds is 18. The molecule has 0 N–H and O–H groups in total. The average Bonchev–Trinajstić information content (AvgIpc) is 2.58. The summed E-state index contributed by atoms with van der Waals surface area (Å²) in [7, 11) is 0. The lowest BCUT2D eigenvalue weighted by molar-refractivity contribution is -0.123. The van der Waals surface area contributed by atoms with Gasteiger partial charge >= 0.3 is 0 Å². The molecule has 0 aromatic rings. The zero-order valence-corrected chi connectivity index (χ0v) is 16.8. The van der Waals surface area contributed by atoms with Gasteiger partial charge in [-0.05, 0) is 19.4 Å². The van der Waals surface area contributed by atoms with Crippen LogP contribution in [-0.2, 0) is 9.53 Å². The van der Waals surface area contributed by atoms with E-state index in [0.29, 0.717) is 6.61 Å². The van der Waals surface area contributed by atoms with Crippen LogP contribution in [0.15, 0.2) is 11.6 Å². The molecule has 0 heterocycles. The molecule has 1 unspecified atom stereocenters. The van der Waals surface area contributed by atoms with Gasteiger partial charge in [0.05, 0.1) is 0 Å². The van der Waals surface area contributed by atoms with Crippen LogP contribution in [-0.4, -0.2) is 18.5 Å². The minimum absolute atomic E-state index is 0.620. The zero-order valence-electron chi connectivity index (χ0n) is 16.0. The molecule has 142 valence electrons. The molecular formula is C21H39ClO2. The Bertz CT molecular complexity index is 304. The van der Waals surface area contributed by atoms with E-state index in [0.717, 1.165) is 12.7 Å². The summed E-state index contributed by atoms with van der Waals surface area (Å²) >= 11 is 5.52. The van der Waals surface area contributed by atoms with Crippen molar-refractivity contribution in [1.82, 2.24) is 0 Å². The van der Waals surface area contributed by atoms with Crippen LogP contribution in [0.4, 0.5) is 0 Å². The van der Waals surface area contributed by atoms with Crippen LogP contribution >= 0.6 is 11.6 Å². The van der Waals surface area contributed by atoms with Crippen molar-refractivity contribution in [2.45, 2.75) is 109 Å². The summed E-state index contributed by atoms with van der Waals surface area (Å²) in [4.78, 5) is 11.0. The van der Waals surface area contributed by atoms with E-state index in [1.54, 1.807) is 13.0 Å². The molecule has 1 atom stereocenters. The Labute approximate surface area is 155 Å². The van der Waals surface area contributed by atoms with Gasteiger partial charge in [0.25, 0.3) is 0 Å². The number of unbranched alkanes of at least 4 members (excludes halogenated alkanes) is 13. The van der Waals surface area contributed by atoms with Gasteiger partial charge in [0, 0.05) is 12.1 Å². The summed E-state index contributed by atoms with van der Waals surface area (Å²) in [6, 6.07) is 0. The largest absolute Gasteiger partial charge is 0.364 e. The number of hydrogen-bond acceptors (Lipinski definition) is 2.